The van der Waals surface area contributed by atoms with Crippen LogP contribution in [0.5, 0.6) is 0 Å². The molecule has 0 unspecified atom stereocenters. The summed E-state index contributed by atoms with van der Waals surface area (Å²) in [6.45, 7) is 2.17. The lowest BCUT2D eigenvalue weighted by Crippen LogP contribution is -2.29. The molecule has 112 valence electrons. The van der Waals surface area contributed by atoms with E-state index < -0.39 is 0 Å². The summed E-state index contributed by atoms with van der Waals surface area (Å²) in [5, 5.41) is 7.66. The summed E-state index contributed by atoms with van der Waals surface area (Å²) in [5.74, 6) is -0.162. The first-order valence-corrected chi connectivity index (χ1v) is 6.95. The molecule has 1 atom stereocenters. The highest BCUT2D eigenvalue weighted by atomic mass is 35.5. The molecule has 0 saturated carbocycles. The van der Waals surface area contributed by atoms with Crippen LogP contribution in [0.2, 0.25) is 5.02 Å². The fraction of sp³-hybridized carbons (Fsp3) is 0.333. The van der Waals surface area contributed by atoms with Crippen molar-refractivity contribution in [2.75, 3.05) is 13.7 Å². The quantitative estimate of drug-likeness (QED) is 0.923. The van der Waals surface area contributed by atoms with E-state index in [9.17, 15) is 4.79 Å². The predicted molar refractivity (Wildman–Crippen MR) is 81.5 cm³/mol. The number of aryl methyl sites for hydroxylation is 2. The molecule has 5 nitrogen and oxygen atoms in total. The first-order valence-electron chi connectivity index (χ1n) is 6.58. The number of ether oxygens (including phenoxy) is 1. The molecule has 0 aliphatic heterocycles. The second-order valence-corrected chi connectivity index (χ2v) is 5.23. The Kier molecular flexibility index (Phi) is 4.98. The zero-order valence-electron chi connectivity index (χ0n) is 12.3. The van der Waals surface area contributed by atoms with Gasteiger partial charge in [-0.25, -0.2) is 0 Å². The number of hydrogen-bond acceptors (Lipinski definition) is 3. The highest BCUT2D eigenvalue weighted by molar-refractivity contribution is 6.30. The molecule has 0 aliphatic carbocycles. The van der Waals surface area contributed by atoms with E-state index in [-0.39, 0.29) is 12.0 Å². The van der Waals surface area contributed by atoms with Crippen LogP contribution in [0.3, 0.4) is 0 Å². The molecule has 0 spiro atoms. The highest BCUT2D eigenvalue weighted by Gasteiger charge is 2.16. The van der Waals surface area contributed by atoms with Gasteiger partial charge >= 0.3 is 0 Å². The van der Waals surface area contributed by atoms with E-state index in [1.807, 2.05) is 18.2 Å². The summed E-state index contributed by atoms with van der Waals surface area (Å²) >= 11 is 5.97. The molecule has 2 rings (SSSR count). The van der Waals surface area contributed by atoms with E-state index in [0.717, 1.165) is 5.56 Å². The molecular weight excluding hydrogens is 290 g/mol. The maximum Gasteiger partial charge on any atom is 0.254 e. The molecule has 1 aromatic carbocycles. The fourth-order valence-electron chi connectivity index (χ4n) is 2.15. The first kappa shape index (κ1) is 15.5. The van der Waals surface area contributed by atoms with Crippen molar-refractivity contribution in [2.45, 2.75) is 13.0 Å². The number of rotatable bonds is 5. The first-order chi connectivity index (χ1) is 10.0. The molecule has 0 bridgehead atoms. The lowest BCUT2D eigenvalue weighted by molar-refractivity contribution is 0.0827. The molecule has 0 fully saturated rings. The van der Waals surface area contributed by atoms with Crippen molar-refractivity contribution in [3.05, 3.63) is 52.3 Å². The van der Waals surface area contributed by atoms with Gasteiger partial charge in [-0.05, 0) is 24.6 Å². The molecule has 0 radical (unpaired) electrons. The topological polar surface area (TPSA) is 56.1 Å². The Labute approximate surface area is 128 Å². The zero-order valence-corrected chi connectivity index (χ0v) is 13.0. The Morgan fingerprint density at radius 2 is 2.29 bits per heavy atom. The molecule has 21 heavy (non-hydrogen) atoms. The number of methoxy groups -OCH3 is 1. The van der Waals surface area contributed by atoms with Crippen LogP contribution in [0, 0.1) is 6.92 Å². The standard InChI is InChI=1S/C15H18ClN3O2/c1-10-13(9-19(2)18-10)15(20)17-8-14(21-3)11-5-4-6-12(16)7-11/h4-7,9,14H,8H2,1-3H3,(H,17,20)/t14-/m1/s1. The van der Waals surface area contributed by atoms with Crippen LogP contribution in [-0.2, 0) is 11.8 Å². The van der Waals surface area contributed by atoms with Crippen LogP contribution in [-0.4, -0.2) is 29.3 Å². The SMILES string of the molecule is CO[C@H](CNC(=O)c1cn(C)nc1C)c1cccc(Cl)c1. The zero-order chi connectivity index (χ0) is 15.4. The number of amides is 1. The molecule has 0 aliphatic rings. The number of carbonyl (C=O) groups excluding carboxylic acids is 1. The van der Waals surface area contributed by atoms with Crippen LogP contribution in [0.15, 0.2) is 30.5 Å². The van der Waals surface area contributed by atoms with Gasteiger partial charge in [0.25, 0.3) is 5.91 Å². The Morgan fingerprint density at radius 1 is 1.52 bits per heavy atom. The van der Waals surface area contributed by atoms with E-state index in [0.29, 0.717) is 22.8 Å². The second kappa shape index (κ2) is 6.74. The normalized spacial score (nSPS) is 12.2. The van der Waals surface area contributed by atoms with Gasteiger partial charge in [0, 0.05) is 31.9 Å². The fourth-order valence-corrected chi connectivity index (χ4v) is 2.35. The van der Waals surface area contributed by atoms with Crippen molar-refractivity contribution in [1.82, 2.24) is 15.1 Å². The maximum atomic E-state index is 12.2. The third kappa shape index (κ3) is 3.83. The predicted octanol–water partition coefficient (Wildman–Crippen LogP) is 2.50. The van der Waals surface area contributed by atoms with Gasteiger partial charge in [-0.3, -0.25) is 9.48 Å². The summed E-state index contributed by atoms with van der Waals surface area (Å²) in [7, 11) is 3.39. The molecule has 1 heterocycles. The molecule has 2 aromatic rings. The van der Waals surface area contributed by atoms with Crippen LogP contribution in [0.25, 0.3) is 0 Å². The average Bonchev–Trinajstić information content (AvgIpc) is 2.78. The number of aromatic nitrogens is 2. The van der Waals surface area contributed by atoms with Gasteiger partial charge in [-0.2, -0.15) is 5.10 Å². The molecule has 6 heteroatoms. The molecule has 1 aromatic heterocycles. The van der Waals surface area contributed by atoms with Crippen molar-refractivity contribution in [3.63, 3.8) is 0 Å². The number of nitrogens with one attached hydrogen (secondary N) is 1. The van der Waals surface area contributed by atoms with E-state index in [2.05, 4.69) is 10.4 Å². The highest BCUT2D eigenvalue weighted by Crippen LogP contribution is 2.20. The minimum atomic E-state index is -0.246. The van der Waals surface area contributed by atoms with Crippen LogP contribution in [0.1, 0.15) is 27.7 Å². The lowest BCUT2D eigenvalue weighted by Gasteiger charge is -2.16. The minimum Gasteiger partial charge on any atom is -0.375 e. The monoisotopic (exact) mass is 307 g/mol. The van der Waals surface area contributed by atoms with Gasteiger partial charge < -0.3 is 10.1 Å². The van der Waals surface area contributed by atoms with Crippen molar-refractivity contribution in [1.29, 1.82) is 0 Å². The van der Waals surface area contributed by atoms with E-state index in [1.165, 1.54) is 0 Å². The summed E-state index contributed by atoms with van der Waals surface area (Å²) in [6.07, 6.45) is 1.45. The van der Waals surface area contributed by atoms with Crippen molar-refractivity contribution in [2.24, 2.45) is 7.05 Å². The van der Waals surface area contributed by atoms with E-state index in [1.54, 1.807) is 38.0 Å². The summed E-state index contributed by atoms with van der Waals surface area (Å²) in [5.41, 5.74) is 2.19. The smallest absolute Gasteiger partial charge is 0.254 e. The molecular formula is C15H18ClN3O2. The maximum absolute atomic E-state index is 12.2. The Morgan fingerprint density at radius 3 is 2.86 bits per heavy atom. The minimum absolute atomic E-state index is 0.162. The Bertz CT molecular complexity index is 640. The third-order valence-electron chi connectivity index (χ3n) is 3.21. The van der Waals surface area contributed by atoms with Crippen molar-refractivity contribution in [3.8, 4) is 0 Å². The van der Waals surface area contributed by atoms with Crippen LogP contribution < -0.4 is 5.32 Å². The number of benzene rings is 1. The average molecular weight is 308 g/mol. The second-order valence-electron chi connectivity index (χ2n) is 4.79. The number of nitrogens with zero attached hydrogens (tertiary/aromatic N) is 2. The lowest BCUT2D eigenvalue weighted by atomic mass is 10.1. The van der Waals surface area contributed by atoms with Gasteiger partial charge in [-0.15, -0.1) is 0 Å². The molecule has 1 amide bonds. The van der Waals surface area contributed by atoms with E-state index >= 15 is 0 Å². The van der Waals surface area contributed by atoms with Crippen LogP contribution in [0.4, 0.5) is 0 Å². The summed E-state index contributed by atoms with van der Waals surface area (Å²) in [6, 6.07) is 7.41. The van der Waals surface area contributed by atoms with Gasteiger partial charge in [0.1, 0.15) is 0 Å². The van der Waals surface area contributed by atoms with Gasteiger partial charge in [0.05, 0.1) is 17.4 Å². The Hall–Kier alpha value is -1.85. The number of halogens is 1. The summed E-state index contributed by atoms with van der Waals surface area (Å²) < 4.78 is 7.04. The van der Waals surface area contributed by atoms with Crippen LogP contribution >= 0.6 is 11.6 Å². The largest absolute Gasteiger partial charge is 0.375 e. The van der Waals surface area contributed by atoms with E-state index in [4.69, 9.17) is 16.3 Å². The van der Waals surface area contributed by atoms with Gasteiger partial charge in [-0.1, -0.05) is 23.7 Å². The molecule has 1 N–H and O–H groups in total. The summed E-state index contributed by atoms with van der Waals surface area (Å²) in [4.78, 5) is 12.2. The Balaban J connectivity index is 2.03. The number of carbonyl (C=O) groups is 1. The van der Waals surface area contributed by atoms with Gasteiger partial charge in [0.15, 0.2) is 0 Å². The van der Waals surface area contributed by atoms with Crippen molar-refractivity contribution >= 4 is 17.5 Å². The third-order valence-corrected chi connectivity index (χ3v) is 3.45. The number of hydrogen-bond donors (Lipinski definition) is 1. The molecule has 0 saturated heterocycles. The van der Waals surface area contributed by atoms with Crippen molar-refractivity contribution < 1.29 is 9.53 Å². The van der Waals surface area contributed by atoms with Gasteiger partial charge in [0.2, 0.25) is 0 Å².